The van der Waals surface area contributed by atoms with Gasteiger partial charge in [-0.1, -0.05) is 28.9 Å². The fourth-order valence-electron chi connectivity index (χ4n) is 0.667. The topological polar surface area (TPSA) is 0 Å². The van der Waals surface area contributed by atoms with E-state index < -0.39 is 0 Å². The van der Waals surface area contributed by atoms with Gasteiger partial charge >= 0.3 is 0 Å². The first-order valence-electron chi connectivity index (χ1n) is 3.28. The molecule has 58 valence electrons. The van der Waals surface area contributed by atoms with Crippen LogP contribution in [0, 0.1) is 0 Å². The van der Waals surface area contributed by atoms with E-state index in [0.717, 1.165) is 6.42 Å². The molecule has 0 atom stereocenters. The Kier molecular flexibility index (Phi) is 4.62. The predicted octanol–water partition coefficient (Wildman–Crippen LogP) is 3.94. The number of allylic oxidation sites excluding steroid dienone is 4. The van der Waals surface area contributed by atoms with Gasteiger partial charge in [0.1, 0.15) is 5.83 Å². The normalized spacial score (nSPS) is 15.1. The third kappa shape index (κ3) is 3.16. The van der Waals surface area contributed by atoms with Crippen molar-refractivity contribution in [3.05, 3.63) is 22.0 Å². The Bertz CT molecular complexity index is 164. The third-order valence-corrected chi connectivity index (χ3v) is 1.51. The molecule has 0 spiro atoms. The highest BCUT2D eigenvalue weighted by Gasteiger charge is 1.99. The fraction of sp³-hybridized carbons (Fsp3) is 0.500. The smallest absolute Gasteiger partial charge is 0.135 e. The molecule has 0 radical (unpaired) electrons. The summed E-state index contributed by atoms with van der Waals surface area (Å²) in [5.74, 6) is -0.151. The summed E-state index contributed by atoms with van der Waals surface area (Å²) in [6.07, 6.45) is 2.74. The van der Waals surface area contributed by atoms with Crippen LogP contribution in [0.5, 0.6) is 0 Å². The molecule has 0 aliphatic rings. The first kappa shape index (κ1) is 9.89. The molecule has 0 aromatic carbocycles. The highest BCUT2D eigenvalue weighted by atomic mass is 79.9. The molecule has 0 N–H and O–H groups in total. The highest BCUT2D eigenvalue weighted by Crippen LogP contribution is 2.19. The largest absolute Gasteiger partial charge is 0.206 e. The summed E-state index contributed by atoms with van der Waals surface area (Å²) in [6, 6.07) is 0. The average Bonchev–Trinajstić information content (AvgIpc) is 1.87. The lowest BCUT2D eigenvalue weighted by atomic mass is 10.2. The van der Waals surface area contributed by atoms with Crippen molar-refractivity contribution in [2.45, 2.75) is 27.2 Å². The van der Waals surface area contributed by atoms with Crippen LogP contribution < -0.4 is 0 Å². The average molecular weight is 207 g/mol. The SMILES string of the molecule is CC/C=C(C)\C(F)=C(/C)Br. The van der Waals surface area contributed by atoms with E-state index in [2.05, 4.69) is 15.9 Å². The van der Waals surface area contributed by atoms with Crippen molar-refractivity contribution in [3.8, 4) is 0 Å². The van der Waals surface area contributed by atoms with Crippen molar-refractivity contribution in [1.29, 1.82) is 0 Å². The number of rotatable bonds is 2. The van der Waals surface area contributed by atoms with Gasteiger partial charge in [-0.2, -0.15) is 0 Å². The molecular weight excluding hydrogens is 195 g/mol. The second-order valence-corrected chi connectivity index (χ2v) is 3.33. The van der Waals surface area contributed by atoms with Crippen molar-refractivity contribution in [3.63, 3.8) is 0 Å². The second-order valence-electron chi connectivity index (χ2n) is 2.14. The zero-order chi connectivity index (χ0) is 8.15. The molecule has 0 aliphatic heterocycles. The molecule has 0 heterocycles. The molecule has 0 fully saturated rings. The minimum atomic E-state index is -0.151. The van der Waals surface area contributed by atoms with Gasteiger partial charge in [0.25, 0.3) is 0 Å². The van der Waals surface area contributed by atoms with Gasteiger partial charge in [-0.25, -0.2) is 4.39 Å². The molecule has 0 nitrogen and oxygen atoms in total. The minimum Gasteiger partial charge on any atom is -0.206 e. The van der Waals surface area contributed by atoms with Gasteiger partial charge in [0.05, 0.1) is 0 Å². The van der Waals surface area contributed by atoms with Gasteiger partial charge < -0.3 is 0 Å². The van der Waals surface area contributed by atoms with E-state index in [-0.39, 0.29) is 5.83 Å². The third-order valence-electron chi connectivity index (χ3n) is 1.16. The summed E-state index contributed by atoms with van der Waals surface area (Å²) < 4.78 is 13.4. The van der Waals surface area contributed by atoms with Crippen molar-refractivity contribution < 1.29 is 4.39 Å². The monoisotopic (exact) mass is 206 g/mol. The van der Waals surface area contributed by atoms with Gasteiger partial charge in [-0.15, -0.1) is 0 Å². The van der Waals surface area contributed by atoms with E-state index in [1.807, 2.05) is 13.0 Å². The highest BCUT2D eigenvalue weighted by molar-refractivity contribution is 9.11. The lowest BCUT2D eigenvalue weighted by molar-refractivity contribution is 0.646. The van der Waals surface area contributed by atoms with Crippen molar-refractivity contribution >= 4 is 15.9 Å². The van der Waals surface area contributed by atoms with Crippen molar-refractivity contribution in [2.24, 2.45) is 0 Å². The van der Waals surface area contributed by atoms with Gasteiger partial charge in [-0.3, -0.25) is 0 Å². The number of hydrogen-bond acceptors (Lipinski definition) is 0. The predicted molar refractivity (Wildman–Crippen MR) is 46.8 cm³/mol. The zero-order valence-electron chi connectivity index (χ0n) is 6.54. The molecule has 0 aromatic rings. The summed E-state index contributed by atoms with van der Waals surface area (Å²) in [5.41, 5.74) is 0.705. The summed E-state index contributed by atoms with van der Waals surface area (Å²) in [4.78, 5) is 0. The minimum absolute atomic E-state index is 0.151. The number of hydrogen-bond donors (Lipinski definition) is 0. The summed E-state index contributed by atoms with van der Waals surface area (Å²) in [7, 11) is 0. The van der Waals surface area contributed by atoms with Crippen LogP contribution in [0.4, 0.5) is 4.39 Å². The first-order chi connectivity index (χ1) is 4.59. The Morgan fingerprint density at radius 1 is 1.50 bits per heavy atom. The second kappa shape index (κ2) is 4.67. The van der Waals surface area contributed by atoms with Crippen LogP contribution in [0.2, 0.25) is 0 Å². The van der Waals surface area contributed by atoms with Gasteiger partial charge in [-0.05, 0) is 25.8 Å². The van der Waals surface area contributed by atoms with Crippen LogP contribution in [-0.2, 0) is 0 Å². The van der Waals surface area contributed by atoms with E-state index in [9.17, 15) is 4.39 Å². The molecule has 0 saturated heterocycles. The van der Waals surface area contributed by atoms with E-state index >= 15 is 0 Å². The van der Waals surface area contributed by atoms with Gasteiger partial charge in [0, 0.05) is 4.48 Å². The van der Waals surface area contributed by atoms with Crippen molar-refractivity contribution in [1.82, 2.24) is 0 Å². The molecule has 10 heavy (non-hydrogen) atoms. The molecule has 0 unspecified atom stereocenters. The molecule has 2 heteroatoms. The summed E-state index contributed by atoms with van der Waals surface area (Å²) in [6.45, 7) is 5.45. The van der Waals surface area contributed by atoms with Crippen LogP contribution >= 0.6 is 15.9 Å². The molecule has 0 amide bonds. The van der Waals surface area contributed by atoms with Crippen molar-refractivity contribution in [2.75, 3.05) is 0 Å². The maximum Gasteiger partial charge on any atom is 0.135 e. The van der Waals surface area contributed by atoms with Crippen LogP contribution in [0.1, 0.15) is 27.2 Å². The van der Waals surface area contributed by atoms with Crippen LogP contribution in [0.3, 0.4) is 0 Å². The quantitative estimate of drug-likeness (QED) is 0.601. The lowest BCUT2D eigenvalue weighted by Crippen LogP contribution is -1.78. The maximum atomic E-state index is 12.9. The van der Waals surface area contributed by atoms with E-state index in [1.165, 1.54) is 0 Å². The van der Waals surface area contributed by atoms with Gasteiger partial charge in [0.15, 0.2) is 0 Å². The Balaban J connectivity index is 4.36. The molecule has 0 aliphatic carbocycles. The summed E-state index contributed by atoms with van der Waals surface area (Å²) in [5, 5.41) is 0. The van der Waals surface area contributed by atoms with Gasteiger partial charge in [0.2, 0.25) is 0 Å². The Hall–Kier alpha value is -0.110. The zero-order valence-corrected chi connectivity index (χ0v) is 8.13. The first-order valence-corrected chi connectivity index (χ1v) is 4.07. The van der Waals surface area contributed by atoms with E-state index in [0.29, 0.717) is 10.1 Å². The molecule has 0 bridgehead atoms. The fourth-order valence-corrected chi connectivity index (χ4v) is 0.980. The molecule has 0 saturated carbocycles. The maximum absolute atomic E-state index is 12.9. The summed E-state index contributed by atoms with van der Waals surface area (Å²) >= 11 is 3.07. The molecular formula is C8H12BrF. The standard InChI is InChI=1S/C8H12BrF/c1-4-5-6(2)8(10)7(3)9/h5H,4H2,1-3H3/b6-5-,8-7-. The Labute approximate surface area is 69.9 Å². The van der Waals surface area contributed by atoms with Crippen LogP contribution in [0.25, 0.3) is 0 Å². The van der Waals surface area contributed by atoms with E-state index in [4.69, 9.17) is 0 Å². The lowest BCUT2D eigenvalue weighted by Gasteiger charge is -1.96. The van der Waals surface area contributed by atoms with Crippen LogP contribution in [0.15, 0.2) is 22.0 Å². The van der Waals surface area contributed by atoms with E-state index in [1.54, 1.807) is 13.8 Å². The molecule has 0 aromatic heterocycles. The Morgan fingerprint density at radius 2 is 2.00 bits per heavy atom. The number of halogens is 2. The molecule has 0 rings (SSSR count). The Morgan fingerprint density at radius 3 is 2.30 bits per heavy atom. The van der Waals surface area contributed by atoms with Crippen LogP contribution in [-0.4, -0.2) is 0 Å².